The Hall–Kier alpha value is -2.57. The molecular formula is C32H41NO3S2. The number of carboxylic acid groups (broad SMARTS) is 1. The number of aryl methyl sites for hydroxylation is 2. The molecule has 2 aromatic carbocycles. The molecule has 4 nitrogen and oxygen atoms in total. The summed E-state index contributed by atoms with van der Waals surface area (Å²) in [6.07, 6.45) is 0.883. The molecule has 0 saturated heterocycles. The Morgan fingerprint density at radius 1 is 0.947 bits per heavy atom. The summed E-state index contributed by atoms with van der Waals surface area (Å²) in [5.74, 6) is -1.13. The Labute approximate surface area is 236 Å². The summed E-state index contributed by atoms with van der Waals surface area (Å²) in [5.41, 5.74) is 6.63. The summed E-state index contributed by atoms with van der Waals surface area (Å²) in [7, 11) is 0. The van der Waals surface area contributed by atoms with Gasteiger partial charge >= 0.3 is 5.97 Å². The van der Waals surface area contributed by atoms with Gasteiger partial charge < -0.3 is 10.4 Å². The van der Waals surface area contributed by atoms with Gasteiger partial charge in [0.25, 0.3) is 5.91 Å². The summed E-state index contributed by atoms with van der Waals surface area (Å²) in [5, 5.41) is 11.7. The molecule has 2 N–H and O–H groups in total. The van der Waals surface area contributed by atoms with E-state index in [0.29, 0.717) is 4.88 Å². The number of thiophene rings is 1. The molecule has 38 heavy (non-hydrogen) atoms. The lowest BCUT2D eigenvalue weighted by atomic mass is 9.85. The summed E-state index contributed by atoms with van der Waals surface area (Å²) < 4.78 is 0. The van der Waals surface area contributed by atoms with Crippen LogP contribution < -0.4 is 5.32 Å². The normalized spacial score (nSPS) is 12.8. The van der Waals surface area contributed by atoms with Crippen molar-refractivity contribution in [3.05, 3.63) is 75.0 Å². The molecule has 0 aliphatic carbocycles. The van der Waals surface area contributed by atoms with E-state index < -0.39 is 5.97 Å². The van der Waals surface area contributed by atoms with Crippen molar-refractivity contribution in [3.8, 4) is 11.1 Å². The molecule has 0 aliphatic heterocycles. The number of hydrogen-bond donors (Lipinski definition) is 2. The molecule has 0 spiro atoms. The summed E-state index contributed by atoms with van der Waals surface area (Å²) in [6, 6.07) is 17.4. The molecule has 0 bridgehead atoms. The van der Waals surface area contributed by atoms with Gasteiger partial charge in [-0.3, -0.25) is 9.59 Å². The highest BCUT2D eigenvalue weighted by atomic mass is 32.2. The van der Waals surface area contributed by atoms with E-state index in [1.807, 2.05) is 23.9 Å². The SMILES string of the molecule is Cc1cc(SC(CC(C)(C)C)c2ccc(C(=O)NCCC(=O)O)s2)cc(C)c1-c1ccc(C(C)(C)C)cc1. The highest BCUT2D eigenvalue weighted by Gasteiger charge is 2.24. The molecule has 1 amide bonds. The van der Waals surface area contributed by atoms with Gasteiger partial charge in [-0.15, -0.1) is 23.1 Å². The Balaban J connectivity index is 1.85. The molecule has 0 fully saturated rings. The summed E-state index contributed by atoms with van der Waals surface area (Å²) in [6.45, 7) is 18.0. The molecule has 3 aromatic rings. The van der Waals surface area contributed by atoms with Crippen LogP contribution in [0.25, 0.3) is 11.1 Å². The molecule has 3 rings (SSSR count). The second-order valence-corrected chi connectivity index (χ2v) is 14.6. The van der Waals surface area contributed by atoms with Crippen molar-refractivity contribution < 1.29 is 14.7 Å². The van der Waals surface area contributed by atoms with E-state index in [1.165, 1.54) is 44.0 Å². The molecule has 204 valence electrons. The molecule has 0 saturated carbocycles. The molecule has 1 aromatic heterocycles. The van der Waals surface area contributed by atoms with E-state index in [9.17, 15) is 9.59 Å². The van der Waals surface area contributed by atoms with Crippen LogP contribution in [-0.2, 0) is 10.2 Å². The first kappa shape index (κ1) is 30.0. The smallest absolute Gasteiger partial charge is 0.305 e. The lowest BCUT2D eigenvalue weighted by Gasteiger charge is -2.25. The van der Waals surface area contributed by atoms with Crippen LogP contribution in [0, 0.1) is 19.3 Å². The maximum Gasteiger partial charge on any atom is 0.305 e. The first-order valence-corrected chi connectivity index (χ1v) is 14.8. The Morgan fingerprint density at radius 3 is 2.08 bits per heavy atom. The van der Waals surface area contributed by atoms with Crippen molar-refractivity contribution >= 4 is 35.0 Å². The second-order valence-electron chi connectivity index (χ2n) is 12.2. The fourth-order valence-corrected chi connectivity index (χ4v) is 7.31. The van der Waals surface area contributed by atoms with Crippen LogP contribution in [-0.4, -0.2) is 23.5 Å². The zero-order chi connectivity index (χ0) is 28.3. The quantitative estimate of drug-likeness (QED) is 0.261. The van der Waals surface area contributed by atoms with Crippen LogP contribution >= 0.6 is 23.1 Å². The monoisotopic (exact) mass is 551 g/mol. The minimum Gasteiger partial charge on any atom is -0.481 e. The van der Waals surface area contributed by atoms with Crippen LogP contribution in [0.2, 0.25) is 0 Å². The Kier molecular flexibility index (Phi) is 9.53. The molecule has 6 heteroatoms. The van der Waals surface area contributed by atoms with Crippen molar-refractivity contribution in [2.45, 2.75) is 83.8 Å². The predicted octanol–water partition coefficient (Wildman–Crippen LogP) is 8.80. The van der Waals surface area contributed by atoms with Gasteiger partial charge in [0.2, 0.25) is 0 Å². The number of nitrogens with one attached hydrogen (secondary N) is 1. The van der Waals surface area contributed by atoms with Gasteiger partial charge in [0.15, 0.2) is 0 Å². The van der Waals surface area contributed by atoms with Gasteiger partial charge in [-0.2, -0.15) is 0 Å². The van der Waals surface area contributed by atoms with Gasteiger partial charge in [-0.05, 0) is 83.2 Å². The van der Waals surface area contributed by atoms with Crippen molar-refractivity contribution in [1.29, 1.82) is 0 Å². The van der Waals surface area contributed by atoms with E-state index in [1.54, 1.807) is 0 Å². The fourth-order valence-electron chi connectivity index (χ4n) is 4.52. The molecule has 1 heterocycles. The molecule has 1 atom stereocenters. The number of aliphatic carboxylic acids is 1. The average molecular weight is 552 g/mol. The van der Waals surface area contributed by atoms with E-state index in [-0.39, 0.29) is 35.0 Å². The van der Waals surface area contributed by atoms with Crippen molar-refractivity contribution in [2.75, 3.05) is 6.54 Å². The minimum absolute atomic E-state index is 0.0814. The number of carboxylic acids is 1. The number of thioether (sulfide) groups is 1. The standard InChI is InChI=1S/C32H41NO3S2/c1-20-17-24(18-21(2)29(20)22-9-11-23(12-10-22)32(6,7)8)37-27(19-31(3,4)5)25-13-14-26(38-25)30(36)33-16-15-28(34)35/h9-14,17-18,27H,15-16,19H2,1-8H3,(H,33,36)(H,34,35). The average Bonchev–Trinajstić information content (AvgIpc) is 3.27. The molecule has 0 aliphatic rings. The number of carbonyl (C=O) groups excluding carboxylic acids is 1. The lowest BCUT2D eigenvalue weighted by molar-refractivity contribution is -0.136. The van der Waals surface area contributed by atoms with Crippen LogP contribution in [0.5, 0.6) is 0 Å². The van der Waals surface area contributed by atoms with Crippen LogP contribution in [0.4, 0.5) is 0 Å². The Bertz CT molecular complexity index is 1250. The highest BCUT2D eigenvalue weighted by molar-refractivity contribution is 7.99. The second kappa shape index (κ2) is 12.1. The number of rotatable bonds is 9. The maximum atomic E-state index is 12.5. The molecule has 1 unspecified atom stereocenters. The Morgan fingerprint density at radius 2 is 1.55 bits per heavy atom. The fraction of sp³-hybridized carbons (Fsp3) is 0.438. The van der Waals surface area contributed by atoms with E-state index in [4.69, 9.17) is 5.11 Å². The predicted molar refractivity (Wildman–Crippen MR) is 162 cm³/mol. The molecule has 0 radical (unpaired) electrons. The third kappa shape index (κ3) is 8.21. The van der Waals surface area contributed by atoms with Gasteiger partial charge in [0.05, 0.1) is 11.3 Å². The van der Waals surface area contributed by atoms with Crippen LogP contribution in [0.1, 0.15) is 90.9 Å². The third-order valence-electron chi connectivity index (χ3n) is 6.41. The van der Waals surface area contributed by atoms with Crippen molar-refractivity contribution in [3.63, 3.8) is 0 Å². The number of benzene rings is 2. The summed E-state index contributed by atoms with van der Waals surface area (Å²) >= 11 is 3.35. The lowest BCUT2D eigenvalue weighted by Crippen LogP contribution is -2.25. The van der Waals surface area contributed by atoms with Crippen molar-refractivity contribution in [2.24, 2.45) is 5.41 Å². The largest absolute Gasteiger partial charge is 0.481 e. The van der Waals surface area contributed by atoms with Crippen LogP contribution in [0.3, 0.4) is 0 Å². The zero-order valence-electron chi connectivity index (χ0n) is 23.9. The summed E-state index contributed by atoms with van der Waals surface area (Å²) in [4.78, 5) is 26.3. The van der Waals surface area contributed by atoms with Gasteiger partial charge in [-0.25, -0.2) is 0 Å². The minimum atomic E-state index is -0.919. The topological polar surface area (TPSA) is 66.4 Å². The number of carbonyl (C=O) groups is 2. The van der Waals surface area contributed by atoms with Crippen molar-refractivity contribution in [1.82, 2.24) is 5.32 Å². The van der Waals surface area contributed by atoms with Gasteiger partial charge in [0.1, 0.15) is 0 Å². The van der Waals surface area contributed by atoms with E-state index >= 15 is 0 Å². The van der Waals surface area contributed by atoms with Crippen LogP contribution in [0.15, 0.2) is 53.4 Å². The first-order chi connectivity index (χ1) is 17.6. The first-order valence-electron chi connectivity index (χ1n) is 13.1. The molecular weight excluding hydrogens is 510 g/mol. The van der Waals surface area contributed by atoms with Gasteiger partial charge in [-0.1, -0.05) is 65.8 Å². The zero-order valence-corrected chi connectivity index (χ0v) is 25.5. The number of amides is 1. The van der Waals surface area contributed by atoms with Gasteiger partial charge in [0, 0.05) is 21.6 Å². The third-order valence-corrected chi connectivity index (χ3v) is 8.97. The number of hydrogen-bond acceptors (Lipinski definition) is 4. The highest BCUT2D eigenvalue weighted by Crippen LogP contribution is 2.46. The van der Waals surface area contributed by atoms with E-state index in [0.717, 1.165) is 11.3 Å². The van der Waals surface area contributed by atoms with E-state index in [2.05, 4.69) is 97.1 Å². The maximum absolute atomic E-state index is 12.5.